The highest BCUT2D eigenvalue weighted by Crippen LogP contribution is 2.26. The molecule has 100 valence electrons. The predicted molar refractivity (Wildman–Crippen MR) is 82.4 cm³/mol. The molecule has 1 aromatic heterocycles. The van der Waals surface area contributed by atoms with Gasteiger partial charge < -0.3 is 10.6 Å². The van der Waals surface area contributed by atoms with Crippen LogP contribution in [0.3, 0.4) is 0 Å². The molecule has 2 N–H and O–H groups in total. The largest absolute Gasteiger partial charge is 0.389 e. The summed E-state index contributed by atoms with van der Waals surface area (Å²) in [5.41, 5.74) is 9.81. The number of pyridine rings is 1. The average molecular weight is 265 g/mol. The van der Waals surface area contributed by atoms with Gasteiger partial charge in [0.05, 0.1) is 11.3 Å². The van der Waals surface area contributed by atoms with Crippen LogP contribution >= 0.6 is 12.2 Å². The van der Waals surface area contributed by atoms with Gasteiger partial charge in [-0.3, -0.25) is 4.98 Å². The van der Waals surface area contributed by atoms with Crippen molar-refractivity contribution in [3.63, 3.8) is 0 Å². The summed E-state index contributed by atoms with van der Waals surface area (Å²) in [5.74, 6) is 0. The first-order chi connectivity index (χ1) is 8.38. The predicted octanol–water partition coefficient (Wildman–Crippen LogP) is 2.96. The van der Waals surface area contributed by atoms with E-state index in [0.717, 1.165) is 35.6 Å². The molecule has 0 aliphatic rings. The number of thiocarbonyl (C=S) groups is 1. The maximum atomic E-state index is 5.86. The molecule has 0 bridgehead atoms. The van der Waals surface area contributed by atoms with Crippen molar-refractivity contribution >= 4 is 22.9 Å². The number of nitrogens with two attached hydrogens (primary N) is 1. The molecule has 18 heavy (non-hydrogen) atoms. The molecule has 0 radical (unpaired) electrons. The topological polar surface area (TPSA) is 42.2 Å². The van der Waals surface area contributed by atoms with E-state index >= 15 is 0 Å². The van der Waals surface area contributed by atoms with Gasteiger partial charge in [0.25, 0.3) is 0 Å². The molecule has 3 nitrogen and oxygen atoms in total. The van der Waals surface area contributed by atoms with Gasteiger partial charge in [0.15, 0.2) is 0 Å². The third-order valence-corrected chi connectivity index (χ3v) is 3.16. The smallest absolute Gasteiger partial charge is 0.107 e. The third kappa shape index (κ3) is 3.19. The molecule has 1 rings (SSSR count). The Morgan fingerprint density at radius 3 is 2.50 bits per heavy atom. The van der Waals surface area contributed by atoms with Gasteiger partial charge in [0.2, 0.25) is 0 Å². The van der Waals surface area contributed by atoms with E-state index in [4.69, 9.17) is 18.0 Å². The number of aromatic nitrogens is 1. The Morgan fingerprint density at radius 1 is 1.44 bits per heavy atom. The molecule has 0 fully saturated rings. The van der Waals surface area contributed by atoms with E-state index in [1.54, 1.807) is 0 Å². The van der Waals surface area contributed by atoms with Gasteiger partial charge in [-0.2, -0.15) is 0 Å². The van der Waals surface area contributed by atoms with Crippen LogP contribution in [0.15, 0.2) is 6.07 Å². The number of anilines is 1. The highest BCUT2D eigenvalue weighted by atomic mass is 32.1. The second kappa shape index (κ2) is 6.14. The Morgan fingerprint density at radius 2 is 2.06 bits per heavy atom. The molecular formula is C14H23N3S. The van der Waals surface area contributed by atoms with Crippen molar-refractivity contribution in [1.29, 1.82) is 0 Å². The molecule has 4 heteroatoms. The first-order valence-corrected chi connectivity index (χ1v) is 6.84. The number of rotatable bonds is 5. The highest BCUT2D eigenvalue weighted by molar-refractivity contribution is 7.80. The zero-order chi connectivity index (χ0) is 13.9. The number of aryl methyl sites for hydroxylation is 2. The molecule has 1 heterocycles. The van der Waals surface area contributed by atoms with Crippen molar-refractivity contribution in [1.82, 2.24) is 4.98 Å². The van der Waals surface area contributed by atoms with Gasteiger partial charge in [-0.15, -0.1) is 0 Å². The van der Waals surface area contributed by atoms with Crippen LogP contribution in [-0.4, -0.2) is 22.6 Å². The minimum atomic E-state index is 0.416. The Kier molecular flexibility index (Phi) is 5.08. The fraction of sp³-hybridized carbons (Fsp3) is 0.571. The third-order valence-electron chi connectivity index (χ3n) is 2.95. The van der Waals surface area contributed by atoms with Gasteiger partial charge in [-0.05, 0) is 40.2 Å². The van der Waals surface area contributed by atoms with Gasteiger partial charge in [0, 0.05) is 24.0 Å². The molecule has 0 saturated carbocycles. The second-order valence-corrected chi connectivity index (χ2v) is 5.33. The molecule has 0 aliphatic heterocycles. The normalized spacial score (nSPS) is 10.8. The Labute approximate surface area is 115 Å². The summed E-state index contributed by atoms with van der Waals surface area (Å²) in [4.78, 5) is 7.23. The van der Waals surface area contributed by atoms with Gasteiger partial charge >= 0.3 is 0 Å². The van der Waals surface area contributed by atoms with Crippen LogP contribution in [0.2, 0.25) is 0 Å². The summed E-state index contributed by atoms with van der Waals surface area (Å²) in [6.07, 6.45) is 1.09. The van der Waals surface area contributed by atoms with Crippen LogP contribution < -0.4 is 10.6 Å². The van der Waals surface area contributed by atoms with Crippen LogP contribution in [0.5, 0.6) is 0 Å². The lowest BCUT2D eigenvalue weighted by Crippen LogP contribution is -2.34. The monoisotopic (exact) mass is 265 g/mol. The lowest BCUT2D eigenvalue weighted by Gasteiger charge is -2.31. The molecular weight excluding hydrogens is 242 g/mol. The molecule has 0 amide bonds. The second-order valence-electron chi connectivity index (χ2n) is 4.89. The van der Waals surface area contributed by atoms with Gasteiger partial charge in [-0.25, -0.2) is 0 Å². The fourth-order valence-electron chi connectivity index (χ4n) is 2.24. The highest BCUT2D eigenvalue weighted by Gasteiger charge is 2.18. The first kappa shape index (κ1) is 14.9. The number of hydrogen-bond donors (Lipinski definition) is 1. The van der Waals surface area contributed by atoms with Crippen molar-refractivity contribution in [2.75, 3.05) is 11.4 Å². The summed E-state index contributed by atoms with van der Waals surface area (Å²) in [7, 11) is 0. The molecule has 0 saturated heterocycles. The van der Waals surface area contributed by atoms with Crippen molar-refractivity contribution in [2.24, 2.45) is 5.73 Å². The zero-order valence-corrected chi connectivity index (χ0v) is 12.8. The number of hydrogen-bond acceptors (Lipinski definition) is 3. The van der Waals surface area contributed by atoms with Crippen LogP contribution in [-0.2, 0) is 0 Å². The SMILES string of the molecule is CCCN(c1cc(C)nc(C)c1C(N)=S)C(C)C. The lowest BCUT2D eigenvalue weighted by atomic mass is 10.1. The van der Waals surface area contributed by atoms with E-state index in [0.29, 0.717) is 11.0 Å². The van der Waals surface area contributed by atoms with E-state index in [-0.39, 0.29) is 0 Å². The van der Waals surface area contributed by atoms with Crippen molar-refractivity contribution in [3.05, 3.63) is 23.0 Å². The number of nitrogens with zero attached hydrogens (tertiary/aromatic N) is 2. The summed E-state index contributed by atoms with van der Waals surface area (Å²) in [6.45, 7) is 11.5. The van der Waals surface area contributed by atoms with Crippen LogP contribution in [0.25, 0.3) is 0 Å². The van der Waals surface area contributed by atoms with Crippen molar-refractivity contribution < 1.29 is 0 Å². The molecule has 0 atom stereocenters. The molecule has 0 unspecified atom stereocenters. The Bertz CT molecular complexity index is 441. The summed E-state index contributed by atoms with van der Waals surface area (Å²) in [6, 6.07) is 2.50. The molecule has 1 aromatic rings. The Hall–Kier alpha value is -1.16. The van der Waals surface area contributed by atoms with Crippen LogP contribution in [0.1, 0.15) is 44.1 Å². The van der Waals surface area contributed by atoms with Gasteiger partial charge in [0.1, 0.15) is 4.99 Å². The minimum absolute atomic E-state index is 0.416. The van der Waals surface area contributed by atoms with Crippen LogP contribution in [0.4, 0.5) is 5.69 Å². The fourth-order valence-corrected chi connectivity index (χ4v) is 2.49. The minimum Gasteiger partial charge on any atom is -0.389 e. The van der Waals surface area contributed by atoms with E-state index in [1.165, 1.54) is 0 Å². The zero-order valence-electron chi connectivity index (χ0n) is 11.9. The summed E-state index contributed by atoms with van der Waals surface area (Å²) >= 11 is 5.18. The lowest BCUT2D eigenvalue weighted by molar-refractivity contribution is 0.669. The van der Waals surface area contributed by atoms with E-state index in [1.807, 2.05) is 13.8 Å². The Balaban J connectivity index is 3.39. The van der Waals surface area contributed by atoms with E-state index in [2.05, 4.69) is 36.7 Å². The van der Waals surface area contributed by atoms with Crippen molar-refractivity contribution in [3.8, 4) is 0 Å². The molecule has 0 spiro atoms. The van der Waals surface area contributed by atoms with Crippen LogP contribution in [0, 0.1) is 13.8 Å². The maximum absolute atomic E-state index is 5.86. The molecule has 0 aliphatic carbocycles. The van der Waals surface area contributed by atoms with E-state index < -0.39 is 0 Å². The standard InChI is InChI=1S/C14H23N3S/c1-6-7-17(9(2)3)12-8-10(4)16-11(5)13(12)14(15)18/h8-9H,6-7H2,1-5H3,(H2,15,18). The average Bonchev–Trinajstić information content (AvgIpc) is 2.23. The summed E-state index contributed by atoms with van der Waals surface area (Å²) < 4.78 is 0. The van der Waals surface area contributed by atoms with E-state index in [9.17, 15) is 0 Å². The maximum Gasteiger partial charge on any atom is 0.107 e. The molecule has 0 aromatic carbocycles. The summed E-state index contributed by atoms with van der Waals surface area (Å²) in [5, 5.41) is 0. The van der Waals surface area contributed by atoms with Crippen molar-refractivity contribution in [2.45, 2.75) is 47.1 Å². The van der Waals surface area contributed by atoms with Gasteiger partial charge in [-0.1, -0.05) is 19.1 Å². The first-order valence-electron chi connectivity index (χ1n) is 6.43. The quantitative estimate of drug-likeness (QED) is 0.831.